The van der Waals surface area contributed by atoms with E-state index in [2.05, 4.69) is 10.2 Å². The number of hydrogen-bond acceptors (Lipinski definition) is 4. The highest BCUT2D eigenvalue weighted by Gasteiger charge is 2.26. The minimum absolute atomic E-state index is 0.221. The maximum atomic E-state index is 12.6. The third kappa shape index (κ3) is 2.96. The van der Waals surface area contributed by atoms with Crippen LogP contribution in [0.25, 0.3) is 0 Å². The van der Waals surface area contributed by atoms with Crippen molar-refractivity contribution in [1.29, 1.82) is 5.26 Å². The van der Waals surface area contributed by atoms with E-state index in [9.17, 15) is 8.42 Å². The van der Waals surface area contributed by atoms with Crippen LogP contribution >= 0.6 is 0 Å². The fourth-order valence-corrected chi connectivity index (χ4v) is 3.59. The van der Waals surface area contributed by atoms with Gasteiger partial charge in [0.05, 0.1) is 23.0 Å². The van der Waals surface area contributed by atoms with Gasteiger partial charge in [0.25, 0.3) is 0 Å². The van der Waals surface area contributed by atoms with Crippen LogP contribution in [0.1, 0.15) is 22.5 Å². The van der Waals surface area contributed by atoms with Crippen LogP contribution in [0.5, 0.6) is 0 Å². The van der Waals surface area contributed by atoms with Crippen LogP contribution in [0.15, 0.2) is 29.2 Å². The van der Waals surface area contributed by atoms with E-state index in [0.29, 0.717) is 17.0 Å². The van der Waals surface area contributed by atoms with Crippen molar-refractivity contribution in [3.8, 4) is 6.07 Å². The topological polar surface area (TPSA) is 89.8 Å². The first-order valence-corrected chi connectivity index (χ1v) is 7.77. The third-order valence-electron chi connectivity index (χ3n) is 3.22. The Kier molecular flexibility index (Phi) is 4.11. The first kappa shape index (κ1) is 15.2. The number of aromatic amines is 1. The molecule has 0 aliphatic rings. The van der Waals surface area contributed by atoms with Gasteiger partial charge >= 0.3 is 0 Å². The summed E-state index contributed by atoms with van der Waals surface area (Å²) in [6, 6.07) is 8.87. The molecule has 0 amide bonds. The van der Waals surface area contributed by atoms with Gasteiger partial charge in [0, 0.05) is 13.6 Å². The van der Waals surface area contributed by atoms with E-state index in [4.69, 9.17) is 5.26 Å². The fourth-order valence-electron chi connectivity index (χ4n) is 2.10. The predicted octanol–water partition coefficient (Wildman–Crippen LogP) is 1.72. The summed E-state index contributed by atoms with van der Waals surface area (Å²) < 4.78 is 26.4. The Labute approximate surface area is 124 Å². The van der Waals surface area contributed by atoms with Crippen LogP contribution in [-0.2, 0) is 16.6 Å². The number of H-pyrrole nitrogens is 1. The molecule has 0 aliphatic heterocycles. The molecule has 7 heteroatoms. The molecule has 110 valence electrons. The van der Waals surface area contributed by atoms with Gasteiger partial charge in [-0.25, -0.2) is 8.42 Å². The maximum absolute atomic E-state index is 12.6. The van der Waals surface area contributed by atoms with Crippen molar-refractivity contribution in [3.63, 3.8) is 0 Å². The second-order valence-corrected chi connectivity index (χ2v) is 6.81. The maximum Gasteiger partial charge on any atom is 0.246 e. The third-order valence-corrected chi connectivity index (χ3v) is 5.28. The molecule has 0 aliphatic carbocycles. The molecule has 1 N–H and O–H groups in total. The number of nitrogens with zero attached hydrogens (tertiary/aromatic N) is 3. The molecule has 0 spiro atoms. The van der Waals surface area contributed by atoms with Gasteiger partial charge in [0.1, 0.15) is 4.90 Å². The van der Waals surface area contributed by atoms with E-state index >= 15 is 0 Å². The van der Waals surface area contributed by atoms with Crippen LogP contribution in [-0.4, -0.2) is 30.0 Å². The Balaban J connectivity index is 2.27. The summed E-state index contributed by atoms with van der Waals surface area (Å²) in [4.78, 5) is 0.221. The van der Waals surface area contributed by atoms with Crippen LogP contribution in [0.4, 0.5) is 0 Å². The average Bonchev–Trinajstić information content (AvgIpc) is 2.79. The lowest BCUT2D eigenvalue weighted by Crippen LogP contribution is -2.27. The summed E-state index contributed by atoms with van der Waals surface area (Å²) >= 11 is 0. The van der Waals surface area contributed by atoms with Gasteiger partial charge in [-0.15, -0.1) is 0 Å². The fraction of sp³-hybridized carbons (Fsp3) is 0.286. The zero-order chi connectivity index (χ0) is 15.6. The van der Waals surface area contributed by atoms with E-state index in [1.165, 1.54) is 11.4 Å². The molecule has 0 atom stereocenters. The molecule has 2 rings (SSSR count). The van der Waals surface area contributed by atoms with Crippen molar-refractivity contribution in [3.05, 3.63) is 46.8 Å². The lowest BCUT2D eigenvalue weighted by atomic mass is 10.1. The number of sulfonamides is 1. The van der Waals surface area contributed by atoms with Crippen molar-refractivity contribution in [2.45, 2.75) is 25.3 Å². The molecule has 0 unspecified atom stereocenters. The number of aryl methyl sites for hydroxylation is 2. The molecular formula is C14H16N4O2S. The molecule has 6 nitrogen and oxygen atoms in total. The van der Waals surface area contributed by atoms with E-state index in [-0.39, 0.29) is 11.4 Å². The van der Waals surface area contributed by atoms with Gasteiger partial charge < -0.3 is 0 Å². The van der Waals surface area contributed by atoms with Crippen molar-refractivity contribution in [2.75, 3.05) is 7.05 Å². The van der Waals surface area contributed by atoms with Crippen LogP contribution < -0.4 is 0 Å². The molecule has 0 radical (unpaired) electrons. The first-order chi connectivity index (χ1) is 9.86. The van der Waals surface area contributed by atoms with Crippen molar-refractivity contribution in [2.24, 2.45) is 0 Å². The quantitative estimate of drug-likeness (QED) is 0.931. The summed E-state index contributed by atoms with van der Waals surface area (Å²) in [6.45, 7) is 3.58. The van der Waals surface area contributed by atoms with Crippen LogP contribution in [0.3, 0.4) is 0 Å². The zero-order valence-electron chi connectivity index (χ0n) is 12.1. The summed E-state index contributed by atoms with van der Waals surface area (Å²) in [5.74, 6) is 0. The molecule has 0 saturated carbocycles. The Hall–Kier alpha value is -2.17. The SMILES string of the molecule is Cc1n[nH]c(C)c1S(=O)(=O)N(C)Cc1ccc(C#N)cc1. The smallest absolute Gasteiger partial charge is 0.246 e. The minimum Gasteiger partial charge on any atom is -0.281 e. The standard InChI is InChI=1S/C14H16N4O2S/c1-10-14(11(2)17-16-10)21(19,20)18(3)9-13-6-4-12(8-15)5-7-13/h4-7H,9H2,1-3H3,(H,16,17). The van der Waals surface area contributed by atoms with E-state index in [0.717, 1.165) is 5.56 Å². The zero-order valence-corrected chi connectivity index (χ0v) is 12.9. The van der Waals surface area contributed by atoms with Crippen molar-refractivity contribution < 1.29 is 8.42 Å². The summed E-state index contributed by atoms with van der Waals surface area (Å²) in [6.07, 6.45) is 0. The Bertz CT molecular complexity index is 766. The second kappa shape index (κ2) is 5.68. The highest BCUT2D eigenvalue weighted by atomic mass is 32.2. The van der Waals surface area contributed by atoms with Gasteiger partial charge in [-0.2, -0.15) is 14.7 Å². The number of benzene rings is 1. The van der Waals surface area contributed by atoms with Crippen molar-refractivity contribution in [1.82, 2.24) is 14.5 Å². The molecule has 1 heterocycles. The van der Waals surface area contributed by atoms with Gasteiger partial charge in [0.2, 0.25) is 10.0 Å². The van der Waals surface area contributed by atoms with E-state index in [1.54, 1.807) is 38.1 Å². The molecule has 1 aromatic carbocycles. The Morgan fingerprint density at radius 3 is 2.38 bits per heavy atom. The lowest BCUT2D eigenvalue weighted by molar-refractivity contribution is 0.466. The first-order valence-electron chi connectivity index (χ1n) is 6.33. The number of hydrogen-bond donors (Lipinski definition) is 1. The van der Waals surface area contributed by atoms with E-state index in [1.807, 2.05) is 6.07 Å². The summed E-state index contributed by atoms with van der Waals surface area (Å²) in [7, 11) is -2.07. The molecule has 1 aromatic heterocycles. The van der Waals surface area contributed by atoms with E-state index < -0.39 is 10.0 Å². The highest BCUT2D eigenvalue weighted by Crippen LogP contribution is 2.22. The number of rotatable bonds is 4. The lowest BCUT2D eigenvalue weighted by Gasteiger charge is -2.17. The number of aromatic nitrogens is 2. The van der Waals surface area contributed by atoms with Gasteiger partial charge in [-0.1, -0.05) is 12.1 Å². The number of nitriles is 1. The molecular weight excluding hydrogens is 288 g/mol. The molecule has 21 heavy (non-hydrogen) atoms. The normalized spacial score (nSPS) is 11.6. The molecule has 0 bridgehead atoms. The minimum atomic E-state index is -3.60. The summed E-state index contributed by atoms with van der Waals surface area (Å²) in [5.41, 5.74) is 2.35. The van der Waals surface area contributed by atoms with Gasteiger partial charge in [-0.3, -0.25) is 5.10 Å². The van der Waals surface area contributed by atoms with Crippen LogP contribution in [0.2, 0.25) is 0 Å². The molecule has 0 fully saturated rings. The van der Waals surface area contributed by atoms with Crippen LogP contribution in [0, 0.1) is 25.2 Å². The highest BCUT2D eigenvalue weighted by molar-refractivity contribution is 7.89. The molecule has 2 aromatic rings. The Morgan fingerprint density at radius 1 is 1.29 bits per heavy atom. The van der Waals surface area contributed by atoms with Gasteiger partial charge in [0.15, 0.2) is 0 Å². The largest absolute Gasteiger partial charge is 0.281 e. The molecule has 0 saturated heterocycles. The predicted molar refractivity (Wildman–Crippen MR) is 77.9 cm³/mol. The summed E-state index contributed by atoms with van der Waals surface area (Å²) in [5, 5.41) is 15.4. The Morgan fingerprint density at radius 2 is 1.90 bits per heavy atom. The second-order valence-electron chi connectivity index (χ2n) is 4.83. The van der Waals surface area contributed by atoms with Gasteiger partial charge in [-0.05, 0) is 31.5 Å². The monoisotopic (exact) mass is 304 g/mol. The number of nitrogens with one attached hydrogen (secondary N) is 1. The average molecular weight is 304 g/mol. The van der Waals surface area contributed by atoms with Crippen molar-refractivity contribution >= 4 is 10.0 Å².